The van der Waals surface area contributed by atoms with E-state index in [0.29, 0.717) is 12.3 Å². The normalized spacial score (nSPS) is 26.9. The van der Waals surface area contributed by atoms with Crippen molar-refractivity contribution in [2.75, 3.05) is 0 Å². The Kier molecular flexibility index (Phi) is 2.24. The molecule has 15 heavy (non-hydrogen) atoms. The Bertz CT molecular complexity index is 355. The number of fused-ring (bicyclic) bond motifs is 1. The van der Waals surface area contributed by atoms with E-state index in [0.717, 1.165) is 24.6 Å². The van der Waals surface area contributed by atoms with Crippen LogP contribution in [0.4, 0.5) is 0 Å². The van der Waals surface area contributed by atoms with Crippen LogP contribution in [0.1, 0.15) is 49.7 Å². The van der Waals surface area contributed by atoms with Crippen molar-refractivity contribution in [2.24, 2.45) is 0 Å². The van der Waals surface area contributed by atoms with Crippen LogP contribution in [0.2, 0.25) is 0 Å². The molecule has 4 heteroatoms. The third-order valence-corrected chi connectivity index (χ3v) is 3.58. The van der Waals surface area contributed by atoms with Gasteiger partial charge in [-0.2, -0.15) is 5.10 Å². The highest BCUT2D eigenvalue weighted by atomic mass is 16.3. The van der Waals surface area contributed by atoms with Crippen molar-refractivity contribution < 1.29 is 5.11 Å². The largest absolute Gasteiger partial charge is 0.393 e. The average molecular weight is 207 g/mol. The Balaban J connectivity index is 1.85. The molecule has 1 atom stereocenters. The fourth-order valence-corrected chi connectivity index (χ4v) is 2.66. The summed E-state index contributed by atoms with van der Waals surface area (Å²) in [7, 11) is 0. The maximum atomic E-state index is 9.55. The molecule has 3 rings (SSSR count). The van der Waals surface area contributed by atoms with Gasteiger partial charge in [-0.05, 0) is 19.3 Å². The predicted molar refractivity (Wildman–Crippen MR) is 55.6 cm³/mol. The summed E-state index contributed by atoms with van der Waals surface area (Å²) in [5, 5.41) is 14.1. The maximum Gasteiger partial charge on any atom is 0.154 e. The van der Waals surface area contributed by atoms with Gasteiger partial charge < -0.3 is 5.11 Å². The van der Waals surface area contributed by atoms with Crippen LogP contribution in [0.25, 0.3) is 0 Å². The highest BCUT2D eigenvalue weighted by Gasteiger charge is 2.25. The topological polar surface area (TPSA) is 50.9 Å². The van der Waals surface area contributed by atoms with Crippen LogP contribution < -0.4 is 0 Å². The molecule has 82 valence electrons. The van der Waals surface area contributed by atoms with E-state index in [1.54, 1.807) is 0 Å². The minimum Gasteiger partial charge on any atom is -0.393 e. The van der Waals surface area contributed by atoms with E-state index in [-0.39, 0.29) is 6.10 Å². The Morgan fingerprint density at radius 2 is 2.00 bits per heavy atom. The second-order valence-electron chi connectivity index (χ2n) is 4.74. The lowest BCUT2D eigenvalue weighted by Gasteiger charge is -2.16. The van der Waals surface area contributed by atoms with E-state index in [9.17, 15) is 5.11 Å². The van der Waals surface area contributed by atoms with Gasteiger partial charge in [0.15, 0.2) is 5.82 Å². The molecule has 0 saturated heterocycles. The highest BCUT2D eigenvalue weighted by Crippen LogP contribution is 2.32. The van der Waals surface area contributed by atoms with Gasteiger partial charge in [-0.25, -0.2) is 9.67 Å². The molecular formula is C11H17N3O. The van der Waals surface area contributed by atoms with Gasteiger partial charge in [0.05, 0.1) is 6.10 Å². The SMILES string of the molecule is OC1CCn2nc(C3CCCC3)nc2C1. The standard InChI is InChI=1S/C11H17N3O/c15-9-5-6-14-10(7-9)12-11(13-14)8-3-1-2-4-8/h8-9,15H,1-7H2. The van der Waals surface area contributed by atoms with Gasteiger partial charge in [-0.1, -0.05) is 12.8 Å². The third kappa shape index (κ3) is 1.67. The van der Waals surface area contributed by atoms with E-state index < -0.39 is 0 Å². The molecule has 1 aromatic heterocycles. The van der Waals surface area contributed by atoms with Crippen LogP contribution in [-0.2, 0) is 13.0 Å². The lowest BCUT2D eigenvalue weighted by atomic mass is 10.1. The number of hydrogen-bond donors (Lipinski definition) is 1. The first-order valence-electron chi connectivity index (χ1n) is 5.94. The van der Waals surface area contributed by atoms with Crippen molar-refractivity contribution in [2.45, 2.75) is 57.1 Å². The van der Waals surface area contributed by atoms with Crippen LogP contribution in [0.3, 0.4) is 0 Å². The molecule has 0 aromatic carbocycles. The van der Waals surface area contributed by atoms with Crippen LogP contribution in [-0.4, -0.2) is 26.0 Å². The van der Waals surface area contributed by atoms with Gasteiger partial charge in [0.1, 0.15) is 5.82 Å². The molecule has 1 N–H and O–H groups in total. The maximum absolute atomic E-state index is 9.55. The van der Waals surface area contributed by atoms with E-state index in [4.69, 9.17) is 0 Å². The molecule has 1 unspecified atom stereocenters. The Morgan fingerprint density at radius 1 is 1.20 bits per heavy atom. The highest BCUT2D eigenvalue weighted by molar-refractivity contribution is 5.03. The summed E-state index contributed by atoms with van der Waals surface area (Å²) in [6, 6.07) is 0. The van der Waals surface area contributed by atoms with E-state index >= 15 is 0 Å². The minimum absolute atomic E-state index is 0.210. The molecule has 1 saturated carbocycles. The zero-order valence-electron chi connectivity index (χ0n) is 8.89. The van der Waals surface area contributed by atoms with Crippen molar-refractivity contribution >= 4 is 0 Å². The summed E-state index contributed by atoms with van der Waals surface area (Å²) in [4.78, 5) is 4.58. The first-order valence-corrected chi connectivity index (χ1v) is 5.94. The van der Waals surface area contributed by atoms with Crippen molar-refractivity contribution in [3.05, 3.63) is 11.6 Å². The molecule has 0 bridgehead atoms. The van der Waals surface area contributed by atoms with Gasteiger partial charge in [0, 0.05) is 18.9 Å². The van der Waals surface area contributed by atoms with Gasteiger partial charge in [-0.15, -0.1) is 0 Å². The first-order chi connectivity index (χ1) is 7.33. The van der Waals surface area contributed by atoms with Gasteiger partial charge in [0.2, 0.25) is 0 Å². The summed E-state index contributed by atoms with van der Waals surface area (Å²) in [5.74, 6) is 2.59. The molecule has 1 aliphatic carbocycles. The predicted octanol–water partition coefficient (Wildman–Crippen LogP) is 1.24. The number of aromatic nitrogens is 3. The smallest absolute Gasteiger partial charge is 0.154 e. The van der Waals surface area contributed by atoms with Crippen molar-refractivity contribution in [3.8, 4) is 0 Å². The third-order valence-electron chi connectivity index (χ3n) is 3.58. The van der Waals surface area contributed by atoms with Crippen LogP contribution >= 0.6 is 0 Å². The average Bonchev–Trinajstić information content (AvgIpc) is 2.84. The number of aryl methyl sites for hydroxylation is 1. The second kappa shape index (κ2) is 3.59. The lowest BCUT2D eigenvalue weighted by molar-refractivity contribution is 0.138. The zero-order chi connectivity index (χ0) is 10.3. The van der Waals surface area contributed by atoms with Crippen LogP contribution in [0.5, 0.6) is 0 Å². The molecule has 2 heterocycles. The monoisotopic (exact) mass is 207 g/mol. The molecule has 0 radical (unpaired) electrons. The zero-order valence-corrected chi connectivity index (χ0v) is 8.89. The molecule has 4 nitrogen and oxygen atoms in total. The van der Waals surface area contributed by atoms with Crippen LogP contribution in [0.15, 0.2) is 0 Å². The molecule has 2 aliphatic rings. The first kappa shape index (κ1) is 9.33. The molecular weight excluding hydrogens is 190 g/mol. The summed E-state index contributed by atoms with van der Waals surface area (Å²) < 4.78 is 1.99. The summed E-state index contributed by atoms with van der Waals surface area (Å²) in [5.41, 5.74) is 0. The number of rotatable bonds is 1. The fraction of sp³-hybridized carbons (Fsp3) is 0.818. The molecule has 1 aliphatic heterocycles. The molecule has 1 aromatic rings. The molecule has 1 fully saturated rings. The van der Waals surface area contributed by atoms with Crippen LogP contribution in [0, 0.1) is 0 Å². The van der Waals surface area contributed by atoms with Gasteiger partial charge in [-0.3, -0.25) is 0 Å². The number of nitrogens with zero attached hydrogens (tertiary/aromatic N) is 3. The number of hydrogen-bond acceptors (Lipinski definition) is 3. The molecule has 0 spiro atoms. The summed E-state index contributed by atoms with van der Waals surface area (Å²) in [6.45, 7) is 0.830. The fourth-order valence-electron chi connectivity index (χ4n) is 2.66. The Morgan fingerprint density at radius 3 is 2.80 bits per heavy atom. The van der Waals surface area contributed by atoms with Gasteiger partial charge in [0.25, 0.3) is 0 Å². The van der Waals surface area contributed by atoms with Gasteiger partial charge >= 0.3 is 0 Å². The van der Waals surface area contributed by atoms with E-state index in [1.165, 1.54) is 25.7 Å². The number of aliphatic hydroxyl groups is 1. The number of aliphatic hydroxyl groups excluding tert-OH is 1. The van der Waals surface area contributed by atoms with Crippen molar-refractivity contribution in [1.29, 1.82) is 0 Å². The Labute approximate surface area is 89.3 Å². The quantitative estimate of drug-likeness (QED) is 0.754. The summed E-state index contributed by atoms with van der Waals surface area (Å²) in [6.07, 6.45) is 6.41. The minimum atomic E-state index is -0.210. The van der Waals surface area contributed by atoms with Crippen molar-refractivity contribution in [3.63, 3.8) is 0 Å². The summed E-state index contributed by atoms with van der Waals surface area (Å²) >= 11 is 0. The lowest BCUT2D eigenvalue weighted by Crippen LogP contribution is -2.23. The van der Waals surface area contributed by atoms with Crippen molar-refractivity contribution in [1.82, 2.24) is 14.8 Å². The second-order valence-corrected chi connectivity index (χ2v) is 4.74. The van der Waals surface area contributed by atoms with E-state index in [2.05, 4.69) is 10.1 Å². The molecule has 0 amide bonds. The van der Waals surface area contributed by atoms with E-state index in [1.807, 2.05) is 4.68 Å². The Hall–Kier alpha value is -0.900.